The van der Waals surface area contributed by atoms with Crippen molar-refractivity contribution < 1.29 is 4.79 Å². The van der Waals surface area contributed by atoms with Crippen molar-refractivity contribution >= 4 is 28.9 Å². The van der Waals surface area contributed by atoms with Gasteiger partial charge in [-0.1, -0.05) is 24.8 Å². The molecule has 0 aliphatic heterocycles. The van der Waals surface area contributed by atoms with E-state index in [-0.39, 0.29) is 11.6 Å². The maximum atomic E-state index is 11.1. The molecule has 0 spiro atoms. The standard InChI is InChI=1S/C12H11ClN2O/c1-3-11(14)8-5-9(13)7-10(6-8)15-12(16)4-2/h3-7,14H,1-2H2,(H,15,16). The van der Waals surface area contributed by atoms with E-state index in [1.807, 2.05) is 0 Å². The van der Waals surface area contributed by atoms with Crippen LogP contribution < -0.4 is 5.32 Å². The molecule has 0 bridgehead atoms. The smallest absolute Gasteiger partial charge is 0.247 e. The van der Waals surface area contributed by atoms with Crippen molar-refractivity contribution in [1.29, 1.82) is 5.41 Å². The molecule has 1 aromatic rings. The van der Waals surface area contributed by atoms with Gasteiger partial charge in [0.25, 0.3) is 0 Å². The van der Waals surface area contributed by atoms with Gasteiger partial charge in [0.05, 0.1) is 5.71 Å². The van der Waals surface area contributed by atoms with E-state index < -0.39 is 0 Å². The average molecular weight is 235 g/mol. The lowest BCUT2D eigenvalue weighted by atomic mass is 10.1. The normalized spacial score (nSPS) is 9.31. The van der Waals surface area contributed by atoms with E-state index in [0.717, 1.165) is 0 Å². The van der Waals surface area contributed by atoms with E-state index in [9.17, 15) is 4.79 Å². The maximum Gasteiger partial charge on any atom is 0.247 e. The van der Waals surface area contributed by atoms with Crippen molar-refractivity contribution in [2.45, 2.75) is 0 Å². The van der Waals surface area contributed by atoms with Gasteiger partial charge < -0.3 is 10.7 Å². The summed E-state index contributed by atoms with van der Waals surface area (Å²) in [6, 6.07) is 4.88. The monoisotopic (exact) mass is 234 g/mol. The molecule has 0 radical (unpaired) electrons. The Morgan fingerprint density at radius 3 is 2.56 bits per heavy atom. The number of carbonyl (C=O) groups excluding carboxylic acids is 1. The number of hydrogen-bond acceptors (Lipinski definition) is 2. The van der Waals surface area contributed by atoms with Gasteiger partial charge >= 0.3 is 0 Å². The first-order valence-electron chi connectivity index (χ1n) is 4.52. The van der Waals surface area contributed by atoms with E-state index in [1.54, 1.807) is 18.2 Å². The van der Waals surface area contributed by atoms with Crippen molar-refractivity contribution in [3.63, 3.8) is 0 Å². The number of hydrogen-bond donors (Lipinski definition) is 2. The summed E-state index contributed by atoms with van der Waals surface area (Å²) in [5, 5.41) is 10.6. The summed E-state index contributed by atoms with van der Waals surface area (Å²) < 4.78 is 0. The minimum absolute atomic E-state index is 0.247. The van der Waals surface area contributed by atoms with Gasteiger partial charge in [0.15, 0.2) is 0 Å². The topological polar surface area (TPSA) is 53.0 Å². The first kappa shape index (κ1) is 12.2. The Bertz CT molecular complexity index is 466. The van der Waals surface area contributed by atoms with Gasteiger partial charge in [-0.25, -0.2) is 0 Å². The Balaban J connectivity index is 3.07. The highest BCUT2D eigenvalue weighted by atomic mass is 35.5. The lowest BCUT2D eigenvalue weighted by Gasteiger charge is -2.06. The summed E-state index contributed by atoms with van der Waals surface area (Å²) in [5.41, 5.74) is 1.37. The number of allylic oxidation sites excluding steroid dienone is 1. The summed E-state index contributed by atoms with van der Waals surface area (Å²) in [6.07, 6.45) is 2.57. The lowest BCUT2D eigenvalue weighted by molar-refractivity contribution is -0.111. The molecule has 0 fully saturated rings. The van der Waals surface area contributed by atoms with Crippen molar-refractivity contribution in [1.82, 2.24) is 0 Å². The third-order valence-corrected chi connectivity index (χ3v) is 2.08. The first-order chi connectivity index (χ1) is 7.56. The molecule has 0 aliphatic rings. The summed E-state index contributed by atoms with van der Waals surface area (Å²) in [5.74, 6) is -0.321. The number of nitrogens with one attached hydrogen (secondary N) is 2. The third-order valence-electron chi connectivity index (χ3n) is 1.87. The van der Waals surface area contributed by atoms with Crippen LogP contribution in [0.4, 0.5) is 5.69 Å². The van der Waals surface area contributed by atoms with E-state index >= 15 is 0 Å². The first-order valence-corrected chi connectivity index (χ1v) is 4.90. The summed E-state index contributed by atoms with van der Waals surface area (Å²) in [6.45, 7) is 6.85. The fourth-order valence-corrected chi connectivity index (χ4v) is 1.36. The molecule has 0 atom stereocenters. The van der Waals surface area contributed by atoms with E-state index in [1.165, 1.54) is 12.2 Å². The summed E-state index contributed by atoms with van der Waals surface area (Å²) >= 11 is 5.87. The fraction of sp³-hybridized carbons (Fsp3) is 0. The molecule has 0 aromatic heterocycles. The van der Waals surface area contributed by atoms with Crippen LogP contribution >= 0.6 is 11.6 Å². The number of rotatable bonds is 4. The molecule has 0 saturated carbocycles. The van der Waals surface area contributed by atoms with Crippen LogP contribution in [0.25, 0.3) is 0 Å². The highest BCUT2D eigenvalue weighted by Crippen LogP contribution is 2.19. The zero-order valence-electron chi connectivity index (χ0n) is 8.59. The van der Waals surface area contributed by atoms with Crippen molar-refractivity contribution in [3.8, 4) is 0 Å². The predicted octanol–water partition coefficient (Wildman–Crippen LogP) is 3.02. The molecule has 0 saturated heterocycles. The van der Waals surface area contributed by atoms with Gasteiger partial charge in [-0.15, -0.1) is 0 Å². The van der Waals surface area contributed by atoms with Gasteiger partial charge in [0.2, 0.25) is 5.91 Å². The molecule has 16 heavy (non-hydrogen) atoms. The Labute approximate surface area is 98.9 Å². The van der Waals surface area contributed by atoms with Crippen LogP contribution in [0.15, 0.2) is 43.5 Å². The number of halogens is 1. The van der Waals surface area contributed by atoms with Crippen LogP contribution in [0.2, 0.25) is 5.02 Å². The van der Waals surface area contributed by atoms with Crippen LogP contribution in [-0.2, 0) is 4.79 Å². The second kappa shape index (κ2) is 5.28. The van der Waals surface area contributed by atoms with E-state index in [4.69, 9.17) is 17.0 Å². The SMILES string of the molecule is C=CC(=N)c1cc(Cl)cc(NC(=O)C=C)c1. The summed E-state index contributed by atoms with van der Waals surface area (Å²) in [7, 11) is 0. The molecule has 2 N–H and O–H groups in total. The highest BCUT2D eigenvalue weighted by molar-refractivity contribution is 6.31. The van der Waals surface area contributed by atoms with Gasteiger partial charge in [-0.2, -0.15) is 0 Å². The Morgan fingerprint density at radius 2 is 2.00 bits per heavy atom. The highest BCUT2D eigenvalue weighted by Gasteiger charge is 2.04. The zero-order valence-corrected chi connectivity index (χ0v) is 9.34. The third kappa shape index (κ3) is 3.07. The van der Waals surface area contributed by atoms with Crippen molar-refractivity contribution in [2.24, 2.45) is 0 Å². The molecule has 1 rings (SSSR count). The van der Waals surface area contributed by atoms with Crippen molar-refractivity contribution in [2.75, 3.05) is 5.32 Å². The van der Waals surface area contributed by atoms with Gasteiger partial charge in [-0.3, -0.25) is 4.79 Å². The Morgan fingerprint density at radius 1 is 1.31 bits per heavy atom. The van der Waals surface area contributed by atoms with Gasteiger partial charge in [0.1, 0.15) is 0 Å². The minimum Gasteiger partial charge on any atom is -0.322 e. The van der Waals surface area contributed by atoms with Gasteiger partial charge in [-0.05, 0) is 30.4 Å². The lowest BCUT2D eigenvalue weighted by Crippen LogP contribution is -2.08. The number of carbonyl (C=O) groups is 1. The molecule has 1 aromatic carbocycles. The number of benzene rings is 1. The minimum atomic E-state index is -0.321. The molecule has 1 amide bonds. The Hall–Kier alpha value is -1.87. The molecule has 4 heteroatoms. The number of amides is 1. The second-order valence-electron chi connectivity index (χ2n) is 3.04. The molecule has 82 valence electrons. The van der Waals surface area contributed by atoms with Crippen LogP contribution in [0.3, 0.4) is 0 Å². The van der Waals surface area contributed by atoms with E-state index in [0.29, 0.717) is 16.3 Å². The van der Waals surface area contributed by atoms with Crippen LogP contribution in [-0.4, -0.2) is 11.6 Å². The molecule has 0 aliphatic carbocycles. The van der Waals surface area contributed by atoms with Crippen LogP contribution in [0.1, 0.15) is 5.56 Å². The second-order valence-corrected chi connectivity index (χ2v) is 3.48. The van der Waals surface area contributed by atoms with Crippen molar-refractivity contribution in [3.05, 3.63) is 54.1 Å². The summed E-state index contributed by atoms with van der Waals surface area (Å²) in [4.78, 5) is 11.1. The molecule has 0 heterocycles. The molecular weight excluding hydrogens is 224 g/mol. The molecule has 3 nitrogen and oxygen atoms in total. The molecule has 0 unspecified atom stereocenters. The number of anilines is 1. The van der Waals surface area contributed by atoms with Crippen LogP contribution in [0.5, 0.6) is 0 Å². The van der Waals surface area contributed by atoms with Crippen LogP contribution in [0, 0.1) is 5.41 Å². The fourth-order valence-electron chi connectivity index (χ4n) is 1.13. The average Bonchev–Trinajstić information content (AvgIpc) is 2.27. The molecular formula is C12H11ClN2O. The van der Waals surface area contributed by atoms with E-state index in [2.05, 4.69) is 18.5 Å². The predicted molar refractivity (Wildman–Crippen MR) is 67.3 cm³/mol. The quantitative estimate of drug-likeness (QED) is 0.611. The zero-order chi connectivity index (χ0) is 12.1. The largest absolute Gasteiger partial charge is 0.322 e. The van der Waals surface area contributed by atoms with Gasteiger partial charge in [0, 0.05) is 16.3 Å². The maximum absolute atomic E-state index is 11.1. The Kier molecular flexibility index (Phi) is 4.03.